The molecule has 0 aliphatic rings. The van der Waals surface area contributed by atoms with Gasteiger partial charge in [0.2, 0.25) is 0 Å². The van der Waals surface area contributed by atoms with E-state index in [4.69, 9.17) is 5.11 Å². The Morgan fingerprint density at radius 1 is 1.12 bits per heavy atom. The first-order valence-electron chi connectivity index (χ1n) is 4.98. The second kappa shape index (κ2) is 15.6. The standard InChI is InChI=1S/C7H10O.C6H8O2/c1-2-3-4-5-6-7-8;1-2-3-4-5-6(7)8/h3-7H,2H2,1H3;2-5H,1H3,(H,7,8)/b;3-2+,5-4+. The van der Waals surface area contributed by atoms with E-state index in [2.05, 4.69) is 0 Å². The van der Waals surface area contributed by atoms with Crippen LogP contribution >= 0.6 is 0 Å². The van der Waals surface area contributed by atoms with Crippen molar-refractivity contribution in [2.24, 2.45) is 0 Å². The molecule has 0 saturated heterocycles. The number of carbonyl (C=O) groups excluding carboxylic acids is 1. The highest BCUT2D eigenvalue weighted by Gasteiger charge is 1.78. The van der Waals surface area contributed by atoms with E-state index in [1.54, 1.807) is 18.2 Å². The Bertz CT molecular complexity index is 284. The molecule has 0 spiro atoms. The maximum atomic E-state index is 9.75. The van der Waals surface area contributed by atoms with Gasteiger partial charge in [-0.05, 0) is 19.4 Å². The van der Waals surface area contributed by atoms with E-state index in [0.29, 0.717) is 0 Å². The van der Waals surface area contributed by atoms with E-state index in [-0.39, 0.29) is 0 Å². The summed E-state index contributed by atoms with van der Waals surface area (Å²) in [7, 11) is 0. The first-order chi connectivity index (χ1) is 7.68. The number of carboxylic acid groups (broad SMARTS) is 1. The van der Waals surface area contributed by atoms with Crippen molar-refractivity contribution in [3.05, 3.63) is 48.6 Å². The number of allylic oxidation sites excluding steroid dienone is 7. The van der Waals surface area contributed by atoms with Crippen molar-refractivity contribution < 1.29 is 14.7 Å². The number of aldehydes is 1. The second-order valence-electron chi connectivity index (χ2n) is 2.58. The summed E-state index contributed by atoms with van der Waals surface area (Å²) in [5.74, 6) is -0.914. The summed E-state index contributed by atoms with van der Waals surface area (Å²) in [6, 6.07) is 0. The minimum atomic E-state index is -0.914. The molecule has 0 fully saturated rings. The molecule has 1 N–H and O–H groups in total. The predicted molar refractivity (Wildman–Crippen MR) is 66.2 cm³/mol. The molecule has 0 aliphatic carbocycles. The molecule has 3 heteroatoms. The first kappa shape index (κ1) is 16.5. The smallest absolute Gasteiger partial charge is 0.328 e. The van der Waals surface area contributed by atoms with Crippen LogP contribution in [0.15, 0.2) is 48.6 Å². The molecule has 0 aromatic heterocycles. The molecular formula is C13H18O3. The Morgan fingerprint density at radius 3 is 2.25 bits per heavy atom. The van der Waals surface area contributed by atoms with Gasteiger partial charge < -0.3 is 5.11 Å². The van der Waals surface area contributed by atoms with Crippen LogP contribution < -0.4 is 0 Å². The number of rotatable bonds is 5. The molecule has 16 heavy (non-hydrogen) atoms. The van der Waals surface area contributed by atoms with Gasteiger partial charge in [-0.2, -0.15) is 0 Å². The van der Waals surface area contributed by atoms with E-state index in [1.807, 2.05) is 26.0 Å². The fraction of sp³-hybridized carbons (Fsp3) is 0.231. The molecule has 88 valence electrons. The van der Waals surface area contributed by atoms with Crippen LogP contribution in [0.1, 0.15) is 20.3 Å². The summed E-state index contributed by atoms with van der Waals surface area (Å²) in [6.45, 7) is 3.87. The summed E-state index contributed by atoms with van der Waals surface area (Å²) in [5.41, 5.74) is 0. The van der Waals surface area contributed by atoms with Crippen molar-refractivity contribution in [2.75, 3.05) is 0 Å². The topological polar surface area (TPSA) is 54.4 Å². The number of carboxylic acids is 1. The van der Waals surface area contributed by atoms with Crippen LogP contribution in [0.2, 0.25) is 0 Å². The molecule has 0 atom stereocenters. The predicted octanol–water partition coefficient (Wildman–Crippen LogP) is 2.91. The summed E-state index contributed by atoms with van der Waals surface area (Å²) in [4.78, 5) is 19.4. The summed E-state index contributed by atoms with van der Waals surface area (Å²) in [6.07, 6.45) is 14.8. The van der Waals surface area contributed by atoms with E-state index in [1.165, 1.54) is 12.2 Å². The Hall–Kier alpha value is -1.90. The second-order valence-corrected chi connectivity index (χ2v) is 2.58. The van der Waals surface area contributed by atoms with Gasteiger partial charge in [0, 0.05) is 6.08 Å². The first-order valence-corrected chi connectivity index (χ1v) is 4.98. The lowest BCUT2D eigenvalue weighted by Gasteiger charge is -1.72. The zero-order valence-corrected chi connectivity index (χ0v) is 9.67. The van der Waals surface area contributed by atoms with Crippen molar-refractivity contribution in [3.63, 3.8) is 0 Å². The van der Waals surface area contributed by atoms with Crippen LogP contribution in [-0.2, 0) is 9.59 Å². The summed E-state index contributed by atoms with van der Waals surface area (Å²) >= 11 is 0. The Kier molecular flexibility index (Phi) is 16.1. The minimum absolute atomic E-state index is 0.764. The third-order valence-corrected chi connectivity index (χ3v) is 1.21. The van der Waals surface area contributed by atoms with Gasteiger partial charge in [-0.1, -0.05) is 43.4 Å². The van der Waals surface area contributed by atoms with Crippen LogP contribution in [0.25, 0.3) is 0 Å². The maximum Gasteiger partial charge on any atom is 0.328 e. The summed E-state index contributed by atoms with van der Waals surface area (Å²) < 4.78 is 0. The molecule has 0 rings (SSSR count). The lowest BCUT2D eigenvalue weighted by Crippen LogP contribution is -1.83. The van der Waals surface area contributed by atoms with E-state index in [9.17, 15) is 9.59 Å². The van der Waals surface area contributed by atoms with Gasteiger partial charge in [0.15, 0.2) is 0 Å². The lowest BCUT2D eigenvalue weighted by atomic mass is 10.4. The van der Waals surface area contributed by atoms with Gasteiger partial charge in [-0.15, -0.1) is 0 Å². The molecule has 0 aromatic rings. The van der Waals surface area contributed by atoms with Crippen molar-refractivity contribution >= 4 is 12.3 Å². The van der Waals surface area contributed by atoms with Crippen molar-refractivity contribution in [2.45, 2.75) is 20.3 Å². The Labute approximate surface area is 96.5 Å². The molecule has 0 saturated carbocycles. The monoisotopic (exact) mass is 222 g/mol. The van der Waals surface area contributed by atoms with Gasteiger partial charge in [0.05, 0.1) is 0 Å². The molecular weight excluding hydrogens is 204 g/mol. The van der Waals surface area contributed by atoms with E-state index in [0.717, 1.165) is 18.8 Å². The summed E-state index contributed by atoms with van der Waals surface area (Å²) in [5, 5.41) is 8.02. The van der Waals surface area contributed by atoms with E-state index >= 15 is 0 Å². The van der Waals surface area contributed by atoms with Crippen LogP contribution in [0.5, 0.6) is 0 Å². The minimum Gasteiger partial charge on any atom is -0.478 e. The van der Waals surface area contributed by atoms with Gasteiger partial charge >= 0.3 is 5.97 Å². The highest BCUT2D eigenvalue weighted by atomic mass is 16.4. The third kappa shape index (κ3) is 22.7. The van der Waals surface area contributed by atoms with Crippen LogP contribution in [0.4, 0.5) is 0 Å². The molecule has 0 radical (unpaired) electrons. The largest absolute Gasteiger partial charge is 0.478 e. The Balaban J connectivity index is 0. The number of carbonyl (C=O) groups is 2. The zero-order chi connectivity index (χ0) is 12.6. The number of aliphatic carboxylic acids is 1. The van der Waals surface area contributed by atoms with Crippen molar-refractivity contribution in [1.82, 2.24) is 0 Å². The SMILES string of the molecule is C/C=C/C=C/C(=O)O.CCC=CC=CC=O. The highest BCUT2D eigenvalue weighted by Crippen LogP contribution is 1.79. The average Bonchev–Trinajstić information content (AvgIpc) is 2.25. The van der Waals surface area contributed by atoms with Crippen molar-refractivity contribution in [3.8, 4) is 0 Å². The van der Waals surface area contributed by atoms with E-state index < -0.39 is 5.97 Å². The fourth-order valence-corrected chi connectivity index (χ4v) is 0.573. The van der Waals surface area contributed by atoms with Gasteiger partial charge in [0.25, 0.3) is 0 Å². The fourth-order valence-electron chi connectivity index (χ4n) is 0.573. The number of hydrogen-bond acceptors (Lipinski definition) is 2. The molecule has 0 aromatic carbocycles. The maximum absolute atomic E-state index is 9.75. The average molecular weight is 222 g/mol. The molecule has 0 heterocycles. The zero-order valence-electron chi connectivity index (χ0n) is 9.67. The normalized spacial score (nSPS) is 11.1. The van der Waals surface area contributed by atoms with Gasteiger partial charge in [0.1, 0.15) is 6.29 Å². The quantitative estimate of drug-likeness (QED) is 0.442. The molecule has 0 bridgehead atoms. The molecule has 0 unspecified atom stereocenters. The molecule has 3 nitrogen and oxygen atoms in total. The Morgan fingerprint density at radius 2 is 1.81 bits per heavy atom. The van der Waals surface area contributed by atoms with Crippen LogP contribution in [-0.4, -0.2) is 17.4 Å². The highest BCUT2D eigenvalue weighted by molar-refractivity contribution is 5.80. The van der Waals surface area contributed by atoms with Crippen molar-refractivity contribution in [1.29, 1.82) is 0 Å². The lowest BCUT2D eigenvalue weighted by molar-refractivity contribution is -0.131. The van der Waals surface area contributed by atoms with Gasteiger partial charge in [-0.25, -0.2) is 4.79 Å². The van der Waals surface area contributed by atoms with Gasteiger partial charge in [-0.3, -0.25) is 4.79 Å². The number of hydrogen-bond donors (Lipinski definition) is 1. The molecule has 0 amide bonds. The van der Waals surface area contributed by atoms with Crippen LogP contribution in [0, 0.1) is 0 Å². The molecule has 0 aliphatic heterocycles. The third-order valence-electron chi connectivity index (χ3n) is 1.21. The van der Waals surface area contributed by atoms with Crippen LogP contribution in [0.3, 0.4) is 0 Å².